The van der Waals surface area contributed by atoms with E-state index in [2.05, 4.69) is 4.74 Å². The van der Waals surface area contributed by atoms with Gasteiger partial charge >= 0.3 is 0 Å². The van der Waals surface area contributed by atoms with Crippen LogP contribution < -0.4 is 5.73 Å². The van der Waals surface area contributed by atoms with E-state index >= 15 is 0 Å². The molecule has 3 aliphatic heterocycles. The molecule has 0 saturated carbocycles. The van der Waals surface area contributed by atoms with Crippen molar-refractivity contribution in [2.75, 3.05) is 47.9 Å². The zero-order valence-corrected chi connectivity index (χ0v) is 14.7. The molecular weight excluding hydrogens is 318 g/mol. The molecule has 122 valence electrons. The quantitative estimate of drug-likeness (QED) is 0.752. The largest absolute Gasteiger partial charge is 0.367 e. The van der Waals surface area contributed by atoms with Crippen molar-refractivity contribution in [2.45, 2.75) is 26.2 Å². The van der Waals surface area contributed by atoms with Crippen LogP contribution in [0.25, 0.3) is 0 Å². The van der Waals surface area contributed by atoms with E-state index in [9.17, 15) is 12.6 Å². The molecule has 5 nitrogen and oxygen atoms in total. The maximum atomic E-state index is 10.1. The summed E-state index contributed by atoms with van der Waals surface area (Å²) in [5, 5.41) is 0. The Labute approximate surface area is 129 Å². The maximum Gasteiger partial charge on any atom is 0.150 e. The lowest BCUT2D eigenvalue weighted by Crippen LogP contribution is -2.23. The molecule has 0 atom stereocenters. The van der Waals surface area contributed by atoms with Crippen molar-refractivity contribution in [1.29, 1.82) is 0 Å². The van der Waals surface area contributed by atoms with Crippen molar-refractivity contribution < 1.29 is 17.4 Å². The van der Waals surface area contributed by atoms with Gasteiger partial charge < -0.3 is 10.5 Å². The van der Waals surface area contributed by atoms with Crippen molar-refractivity contribution >= 4 is 32.4 Å². The van der Waals surface area contributed by atoms with Gasteiger partial charge in [-0.25, -0.2) is 8.42 Å². The van der Waals surface area contributed by atoms with Gasteiger partial charge in [-0.3, -0.25) is 4.21 Å². The molecule has 0 radical (unpaired) electrons. The van der Waals surface area contributed by atoms with E-state index in [4.69, 9.17) is 5.73 Å². The molecule has 3 rings (SSSR count). The van der Waals surface area contributed by atoms with Crippen LogP contribution in [0.3, 0.4) is 0 Å². The van der Waals surface area contributed by atoms with E-state index in [1.165, 1.54) is 24.3 Å². The molecular formula is C12H27NO4S3. The van der Waals surface area contributed by atoms with Crippen LogP contribution in [0.5, 0.6) is 0 Å². The molecule has 0 amide bonds. The number of hydrogen-bond donors (Lipinski definition) is 1. The Bertz CT molecular complexity index is 321. The first-order chi connectivity index (χ1) is 9.52. The predicted molar refractivity (Wildman–Crippen MR) is 88.4 cm³/mol. The van der Waals surface area contributed by atoms with Crippen LogP contribution in [0, 0.1) is 0 Å². The molecule has 3 aliphatic rings. The molecule has 0 aromatic heterocycles. The second-order valence-corrected chi connectivity index (χ2v) is 9.56. The summed E-state index contributed by atoms with van der Waals surface area (Å²) in [5.74, 6) is 5.60. The maximum absolute atomic E-state index is 10.1. The molecule has 3 saturated heterocycles. The van der Waals surface area contributed by atoms with Crippen LogP contribution in [-0.4, -0.2) is 60.5 Å². The smallest absolute Gasteiger partial charge is 0.150 e. The normalized spacial score (nSPS) is 21.9. The third kappa shape index (κ3) is 13.4. The van der Waals surface area contributed by atoms with Gasteiger partial charge in [0.25, 0.3) is 0 Å². The number of sulfone groups is 1. The van der Waals surface area contributed by atoms with Crippen LogP contribution in [0.1, 0.15) is 26.2 Å². The molecule has 3 heterocycles. The second kappa shape index (κ2) is 13.1. The van der Waals surface area contributed by atoms with Crippen LogP contribution in [-0.2, 0) is 25.4 Å². The molecule has 3 fully saturated rings. The summed E-state index contributed by atoms with van der Waals surface area (Å²) in [6.07, 6.45) is 3.53. The minimum Gasteiger partial charge on any atom is -0.367 e. The summed E-state index contributed by atoms with van der Waals surface area (Å²) in [5.41, 5.74) is 4.92. The van der Waals surface area contributed by atoms with E-state index in [1.54, 1.807) is 0 Å². The van der Waals surface area contributed by atoms with Crippen LogP contribution in [0.2, 0.25) is 0 Å². The van der Waals surface area contributed by atoms with Gasteiger partial charge in [0.2, 0.25) is 0 Å². The summed E-state index contributed by atoms with van der Waals surface area (Å²) >= 11 is 2.04. The number of thioether (sulfide) groups is 1. The molecule has 0 aromatic rings. The molecule has 0 bridgehead atoms. The van der Waals surface area contributed by atoms with Crippen molar-refractivity contribution in [2.24, 2.45) is 5.73 Å². The van der Waals surface area contributed by atoms with Gasteiger partial charge in [0, 0.05) is 28.9 Å². The van der Waals surface area contributed by atoms with Gasteiger partial charge in [0.05, 0.1) is 18.2 Å². The lowest BCUT2D eigenvalue weighted by molar-refractivity contribution is 0.155. The Balaban J connectivity index is 0.000000243. The highest BCUT2D eigenvalue weighted by molar-refractivity contribution is 8.00. The van der Waals surface area contributed by atoms with Crippen LogP contribution in [0.4, 0.5) is 0 Å². The topological polar surface area (TPSA) is 86.5 Å². The average molecular weight is 346 g/mol. The van der Waals surface area contributed by atoms with E-state index in [-0.39, 0.29) is 0 Å². The number of ether oxygens (including phenoxy) is 1. The molecule has 20 heavy (non-hydrogen) atoms. The van der Waals surface area contributed by atoms with Gasteiger partial charge in [-0.1, -0.05) is 0 Å². The van der Waals surface area contributed by atoms with Gasteiger partial charge in [0.15, 0.2) is 0 Å². The monoisotopic (exact) mass is 345 g/mol. The summed E-state index contributed by atoms with van der Waals surface area (Å²) < 4.78 is 34.8. The first-order valence-corrected chi connectivity index (χ1v) is 11.4. The Morgan fingerprint density at radius 2 is 1.55 bits per heavy atom. The standard InChI is InChI=1S/C3H9NO.C3H6O2S.C3H6OS.C3H6S/c1-2-5-3-4;4-6(5)2-1-3-6;4-5-2-1-3-5;1-2-4-3-1/h2-4H2,1H3;1-3H2;1-3H2;1-3H2. The predicted octanol–water partition coefficient (Wildman–Crippen LogP) is 1.01. The summed E-state index contributed by atoms with van der Waals surface area (Å²) in [7, 11) is -2.87. The summed E-state index contributed by atoms with van der Waals surface area (Å²) in [4.78, 5) is 0. The van der Waals surface area contributed by atoms with Gasteiger partial charge in [0.1, 0.15) is 9.84 Å². The van der Waals surface area contributed by atoms with E-state index in [0.717, 1.165) is 24.5 Å². The van der Waals surface area contributed by atoms with Crippen molar-refractivity contribution in [1.82, 2.24) is 0 Å². The van der Waals surface area contributed by atoms with Gasteiger partial charge in [-0.05, 0) is 37.7 Å². The third-order valence-electron chi connectivity index (χ3n) is 2.55. The lowest BCUT2D eigenvalue weighted by Gasteiger charge is -2.09. The molecule has 0 aliphatic carbocycles. The first kappa shape index (κ1) is 20.4. The Morgan fingerprint density at radius 3 is 1.55 bits per heavy atom. The number of nitrogens with two attached hydrogens (primary N) is 1. The first-order valence-electron chi connectivity index (χ1n) is 6.92. The summed E-state index contributed by atoms with van der Waals surface area (Å²) in [6, 6.07) is 0. The number of rotatable bonds is 2. The van der Waals surface area contributed by atoms with E-state index in [1.807, 2.05) is 18.7 Å². The van der Waals surface area contributed by atoms with Crippen molar-refractivity contribution in [3.63, 3.8) is 0 Å². The Kier molecular flexibility index (Phi) is 13.3. The number of hydrogen-bond acceptors (Lipinski definition) is 6. The summed E-state index contributed by atoms with van der Waals surface area (Å²) in [6.45, 7) is 2.97. The molecule has 0 aromatic carbocycles. The van der Waals surface area contributed by atoms with E-state index in [0.29, 0.717) is 18.2 Å². The van der Waals surface area contributed by atoms with Crippen molar-refractivity contribution in [3.8, 4) is 0 Å². The van der Waals surface area contributed by atoms with Gasteiger partial charge in [-0.2, -0.15) is 11.8 Å². The lowest BCUT2D eigenvalue weighted by atomic mass is 10.5. The van der Waals surface area contributed by atoms with E-state index < -0.39 is 20.6 Å². The van der Waals surface area contributed by atoms with Gasteiger partial charge in [-0.15, -0.1) is 0 Å². The fraction of sp³-hybridized carbons (Fsp3) is 1.00. The minimum atomic E-state index is -2.48. The highest BCUT2D eigenvalue weighted by Crippen LogP contribution is 2.14. The SMILES string of the molecule is C1CSC1.CCOCN.O=S1(=O)CCC1.O=S1CCC1. The average Bonchev–Trinajstić information content (AvgIpc) is 2.25. The fourth-order valence-electron chi connectivity index (χ4n) is 0.904. The van der Waals surface area contributed by atoms with Crippen LogP contribution >= 0.6 is 11.8 Å². The van der Waals surface area contributed by atoms with Crippen LogP contribution in [0.15, 0.2) is 0 Å². The Hall–Kier alpha value is 0.370. The fourth-order valence-corrected chi connectivity index (χ4v) is 2.48. The third-order valence-corrected chi connectivity index (χ3v) is 7.02. The highest BCUT2D eigenvalue weighted by atomic mass is 32.2. The molecule has 8 heteroatoms. The molecule has 0 unspecified atom stereocenters. The minimum absolute atomic E-state index is 0.344. The van der Waals surface area contributed by atoms with Crippen molar-refractivity contribution in [3.05, 3.63) is 0 Å². The molecule has 0 spiro atoms. The zero-order valence-electron chi connectivity index (χ0n) is 12.2. The Morgan fingerprint density at radius 1 is 1.15 bits per heavy atom. The second-order valence-electron chi connectivity index (χ2n) is 4.33. The highest BCUT2D eigenvalue weighted by Gasteiger charge is 2.19. The molecule has 2 N–H and O–H groups in total. The zero-order chi connectivity index (χ0) is 15.3.